The van der Waals surface area contributed by atoms with Crippen molar-refractivity contribution >= 4 is 28.3 Å². The second-order valence-electron chi connectivity index (χ2n) is 5.70. The normalized spacial score (nSPS) is 10.4. The summed E-state index contributed by atoms with van der Waals surface area (Å²) in [5, 5.41) is 7.42. The smallest absolute Gasteiger partial charge is 0.270 e. The Morgan fingerprint density at radius 1 is 1.12 bits per heavy atom. The first-order valence-corrected chi connectivity index (χ1v) is 8.59. The van der Waals surface area contributed by atoms with Crippen molar-refractivity contribution in [2.75, 3.05) is 26.1 Å². The van der Waals surface area contributed by atoms with Gasteiger partial charge < -0.3 is 14.8 Å². The molecule has 0 saturated heterocycles. The highest BCUT2D eigenvalue weighted by Crippen LogP contribution is 2.24. The standard InChI is InChI=1S/C17H21N3O4S/c1-10(2)8-18-16(22)14-9-25-17(19-14)20-15(21)11-5-12(23-3)7-13(6-11)24-4/h5-7,9-10H,8H2,1-4H3,(H,18,22)(H,19,20,21). The zero-order valence-electron chi connectivity index (χ0n) is 14.6. The topological polar surface area (TPSA) is 89.6 Å². The first-order chi connectivity index (χ1) is 11.9. The molecule has 2 N–H and O–H groups in total. The van der Waals surface area contributed by atoms with Crippen molar-refractivity contribution in [3.63, 3.8) is 0 Å². The molecule has 0 spiro atoms. The molecule has 0 aliphatic rings. The quantitative estimate of drug-likeness (QED) is 0.789. The average molecular weight is 363 g/mol. The molecule has 8 heteroatoms. The van der Waals surface area contributed by atoms with Crippen molar-refractivity contribution in [3.8, 4) is 11.5 Å². The van der Waals surface area contributed by atoms with E-state index in [9.17, 15) is 9.59 Å². The minimum atomic E-state index is -0.360. The molecule has 0 unspecified atom stereocenters. The number of amides is 2. The van der Waals surface area contributed by atoms with Crippen LogP contribution in [0.2, 0.25) is 0 Å². The van der Waals surface area contributed by atoms with Gasteiger partial charge >= 0.3 is 0 Å². The molecular formula is C17H21N3O4S. The third-order valence-electron chi connectivity index (χ3n) is 3.24. The lowest BCUT2D eigenvalue weighted by Crippen LogP contribution is -2.27. The molecule has 2 rings (SSSR count). The van der Waals surface area contributed by atoms with Crippen molar-refractivity contribution in [1.82, 2.24) is 10.3 Å². The molecule has 7 nitrogen and oxygen atoms in total. The van der Waals surface area contributed by atoms with E-state index in [0.717, 1.165) is 0 Å². The van der Waals surface area contributed by atoms with Crippen molar-refractivity contribution in [1.29, 1.82) is 0 Å². The molecule has 0 saturated carbocycles. The summed E-state index contributed by atoms with van der Waals surface area (Å²) in [6, 6.07) is 4.88. The van der Waals surface area contributed by atoms with Gasteiger partial charge in [-0.05, 0) is 18.1 Å². The Morgan fingerprint density at radius 2 is 1.76 bits per heavy atom. The number of carbonyl (C=O) groups is 2. The van der Waals surface area contributed by atoms with E-state index in [1.165, 1.54) is 25.6 Å². The number of hydrogen-bond acceptors (Lipinski definition) is 6. The van der Waals surface area contributed by atoms with Crippen molar-refractivity contribution in [2.24, 2.45) is 5.92 Å². The maximum Gasteiger partial charge on any atom is 0.270 e. The highest BCUT2D eigenvalue weighted by Gasteiger charge is 2.15. The molecule has 134 valence electrons. The molecule has 0 radical (unpaired) electrons. The lowest BCUT2D eigenvalue weighted by atomic mass is 10.2. The largest absolute Gasteiger partial charge is 0.497 e. The molecular weight excluding hydrogens is 342 g/mol. The third-order valence-corrected chi connectivity index (χ3v) is 4.00. The van der Waals surface area contributed by atoms with E-state index in [1.54, 1.807) is 23.6 Å². The van der Waals surface area contributed by atoms with Gasteiger partial charge in [0.1, 0.15) is 17.2 Å². The summed E-state index contributed by atoms with van der Waals surface area (Å²) in [5.74, 6) is 0.758. The number of hydrogen-bond donors (Lipinski definition) is 2. The van der Waals surface area contributed by atoms with Crippen LogP contribution in [0.5, 0.6) is 11.5 Å². The summed E-state index contributed by atoms with van der Waals surface area (Å²) in [5.41, 5.74) is 0.654. The molecule has 25 heavy (non-hydrogen) atoms. The van der Waals surface area contributed by atoms with Gasteiger partial charge in [-0.15, -0.1) is 11.3 Å². The van der Waals surface area contributed by atoms with Gasteiger partial charge in [0.25, 0.3) is 11.8 Å². The average Bonchev–Trinajstić information content (AvgIpc) is 3.07. The maximum absolute atomic E-state index is 12.4. The second-order valence-corrected chi connectivity index (χ2v) is 6.56. The molecule has 1 heterocycles. The number of nitrogens with one attached hydrogen (secondary N) is 2. The van der Waals surface area contributed by atoms with Gasteiger partial charge in [-0.1, -0.05) is 13.8 Å². The summed E-state index contributed by atoms with van der Waals surface area (Å²) >= 11 is 1.19. The summed E-state index contributed by atoms with van der Waals surface area (Å²) in [4.78, 5) is 28.5. The Hall–Kier alpha value is -2.61. The number of benzene rings is 1. The molecule has 1 aromatic heterocycles. The van der Waals surface area contributed by atoms with Crippen molar-refractivity contribution < 1.29 is 19.1 Å². The lowest BCUT2D eigenvalue weighted by molar-refractivity contribution is 0.0943. The van der Waals surface area contributed by atoms with Gasteiger partial charge in [0, 0.05) is 23.6 Å². The molecule has 0 fully saturated rings. The first-order valence-electron chi connectivity index (χ1n) is 7.71. The molecule has 2 amide bonds. The van der Waals surface area contributed by atoms with Crippen LogP contribution in [-0.4, -0.2) is 37.6 Å². The summed E-state index contributed by atoms with van der Waals surface area (Å²) < 4.78 is 10.3. The van der Waals surface area contributed by atoms with Crippen LogP contribution in [0.15, 0.2) is 23.6 Å². The molecule has 0 aliphatic carbocycles. The van der Waals surface area contributed by atoms with Crippen LogP contribution < -0.4 is 20.1 Å². The number of thiazole rings is 1. The van der Waals surface area contributed by atoms with Gasteiger partial charge in [0.15, 0.2) is 5.13 Å². The highest BCUT2D eigenvalue weighted by molar-refractivity contribution is 7.14. The number of rotatable bonds is 7. The highest BCUT2D eigenvalue weighted by atomic mass is 32.1. The minimum Gasteiger partial charge on any atom is -0.497 e. The number of methoxy groups -OCH3 is 2. The number of nitrogens with zero attached hydrogens (tertiary/aromatic N) is 1. The summed E-state index contributed by atoms with van der Waals surface area (Å²) in [7, 11) is 3.03. The minimum absolute atomic E-state index is 0.256. The molecule has 2 aromatic rings. The molecule has 0 atom stereocenters. The fraction of sp³-hybridized carbons (Fsp3) is 0.353. The van der Waals surface area contributed by atoms with Crippen molar-refractivity contribution in [2.45, 2.75) is 13.8 Å². The van der Waals surface area contributed by atoms with Gasteiger partial charge in [-0.2, -0.15) is 0 Å². The third kappa shape index (κ3) is 5.18. The number of ether oxygens (including phenoxy) is 2. The molecule has 1 aromatic carbocycles. The van der Waals surface area contributed by atoms with E-state index >= 15 is 0 Å². The Morgan fingerprint density at radius 3 is 2.32 bits per heavy atom. The Bertz CT molecular complexity index is 736. The van der Waals surface area contributed by atoms with Gasteiger partial charge in [0.2, 0.25) is 0 Å². The number of carbonyl (C=O) groups excluding carboxylic acids is 2. The summed E-state index contributed by atoms with van der Waals surface area (Å²) in [6.45, 7) is 4.59. The Balaban J connectivity index is 2.07. The summed E-state index contributed by atoms with van der Waals surface area (Å²) in [6.07, 6.45) is 0. The van der Waals surface area contributed by atoms with Gasteiger partial charge in [-0.3, -0.25) is 14.9 Å². The van der Waals surface area contributed by atoms with E-state index in [4.69, 9.17) is 9.47 Å². The fourth-order valence-corrected chi connectivity index (χ4v) is 2.62. The second kappa shape index (κ2) is 8.48. The van der Waals surface area contributed by atoms with E-state index in [2.05, 4.69) is 15.6 Å². The fourth-order valence-electron chi connectivity index (χ4n) is 1.93. The SMILES string of the molecule is COc1cc(OC)cc(C(=O)Nc2nc(C(=O)NCC(C)C)cs2)c1. The van der Waals surface area contributed by atoms with Gasteiger partial charge in [-0.25, -0.2) is 4.98 Å². The van der Waals surface area contributed by atoms with E-state index in [1.807, 2.05) is 13.8 Å². The van der Waals surface area contributed by atoms with Crippen LogP contribution in [0.4, 0.5) is 5.13 Å². The van der Waals surface area contributed by atoms with Crippen LogP contribution in [0.3, 0.4) is 0 Å². The number of aromatic nitrogens is 1. The van der Waals surface area contributed by atoms with Gasteiger partial charge in [0.05, 0.1) is 14.2 Å². The first kappa shape index (κ1) is 18.7. The van der Waals surface area contributed by atoms with Crippen molar-refractivity contribution in [3.05, 3.63) is 34.8 Å². The molecule has 0 aliphatic heterocycles. The zero-order valence-corrected chi connectivity index (χ0v) is 15.4. The van der Waals surface area contributed by atoms with Crippen LogP contribution in [0, 0.1) is 5.92 Å². The van der Waals surface area contributed by atoms with Crippen LogP contribution >= 0.6 is 11.3 Å². The maximum atomic E-state index is 12.4. The number of anilines is 1. The van der Waals surface area contributed by atoms with Crippen LogP contribution in [0.1, 0.15) is 34.7 Å². The lowest BCUT2D eigenvalue weighted by Gasteiger charge is -2.08. The van der Waals surface area contributed by atoms with Crippen LogP contribution in [-0.2, 0) is 0 Å². The van der Waals surface area contributed by atoms with Crippen LogP contribution in [0.25, 0.3) is 0 Å². The predicted molar refractivity (Wildman–Crippen MR) is 96.8 cm³/mol. The Labute approximate surface area is 150 Å². The van der Waals surface area contributed by atoms with E-state index in [0.29, 0.717) is 34.7 Å². The zero-order chi connectivity index (χ0) is 18.4. The predicted octanol–water partition coefficient (Wildman–Crippen LogP) is 2.80. The monoisotopic (exact) mass is 363 g/mol. The van der Waals surface area contributed by atoms with E-state index < -0.39 is 0 Å². The Kier molecular flexibility index (Phi) is 6.35. The molecule has 0 bridgehead atoms. The van der Waals surface area contributed by atoms with E-state index in [-0.39, 0.29) is 17.5 Å².